The van der Waals surface area contributed by atoms with Crippen molar-refractivity contribution < 1.29 is 22.3 Å². The van der Waals surface area contributed by atoms with Gasteiger partial charge >= 0.3 is 0 Å². The molecule has 2 heterocycles. The van der Waals surface area contributed by atoms with E-state index < -0.39 is 10.0 Å². The van der Waals surface area contributed by atoms with Crippen LogP contribution in [-0.2, 0) is 16.6 Å². The second kappa shape index (κ2) is 8.59. The van der Waals surface area contributed by atoms with Crippen molar-refractivity contribution >= 4 is 26.0 Å². The van der Waals surface area contributed by atoms with E-state index in [-0.39, 0.29) is 10.7 Å². The van der Waals surface area contributed by atoms with Gasteiger partial charge in [-0.1, -0.05) is 22.0 Å². The summed E-state index contributed by atoms with van der Waals surface area (Å²) >= 11 is 3.39. The van der Waals surface area contributed by atoms with Crippen LogP contribution in [0.25, 0.3) is 0 Å². The Labute approximate surface area is 178 Å². The number of piperazine rings is 1. The summed E-state index contributed by atoms with van der Waals surface area (Å²) in [6.07, 6.45) is 0.767. The van der Waals surface area contributed by atoms with E-state index >= 15 is 0 Å². The fourth-order valence-corrected chi connectivity index (χ4v) is 5.39. The van der Waals surface area contributed by atoms with Crippen LogP contribution in [0.3, 0.4) is 0 Å². The molecule has 1 saturated heterocycles. The van der Waals surface area contributed by atoms with Crippen LogP contribution in [0.5, 0.6) is 11.5 Å². The first-order valence-electron chi connectivity index (χ1n) is 9.49. The maximum absolute atomic E-state index is 13.3. The zero-order valence-electron chi connectivity index (χ0n) is 15.8. The van der Waals surface area contributed by atoms with Crippen molar-refractivity contribution in [3.63, 3.8) is 0 Å². The number of sulfonamides is 1. The summed E-state index contributed by atoms with van der Waals surface area (Å²) < 4.78 is 52.9. The summed E-state index contributed by atoms with van der Waals surface area (Å²) in [4.78, 5) is 2.38. The molecular weight excluding hydrogens is 463 g/mol. The van der Waals surface area contributed by atoms with Crippen LogP contribution in [0.2, 0.25) is 0 Å². The Morgan fingerprint density at radius 2 is 1.69 bits per heavy atom. The molecule has 2 aromatic carbocycles. The quantitative estimate of drug-likeness (QED) is 0.666. The second-order valence-electron chi connectivity index (χ2n) is 7.07. The van der Waals surface area contributed by atoms with Gasteiger partial charge in [0.1, 0.15) is 5.82 Å². The van der Waals surface area contributed by atoms with Gasteiger partial charge in [0.2, 0.25) is 10.0 Å². The molecular formula is C20H22BrFN2O4S. The molecule has 0 spiro atoms. The summed E-state index contributed by atoms with van der Waals surface area (Å²) in [7, 11) is -3.61. The molecule has 0 bridgehead atoms. The van der Waals surface area contributed by atoms with Crippen molar-refractivity contribution in [1.29, 1.82) is 0 Å². The Balaban J connectivity index is 1.43. The summed E-state index contributed by atoms with van der Waals surface area (Å²) in [5.74, 6) is 0.770. The maximum Gasteiger partial charge on any atom is 0.243 e. The summed E-state index contributed by atoms with van der Waals surface area (Å²) in [5.41, 5.74) is 0.977. The zero-order valence-corrected chi connectivity index (χ0v) is 18.2. The van der Waals surface area contributed by atoms with Crippen LogP contribution >= 0.6 is 15.9 Å². The first kappa shape index (κ1) is 20.6. The summed E-state index contributed by atoms with van der Waals surface area (Å²) in [5, 5.41) is 0. The predicted octanol–water partition coefficient (Wildman–Crippen LogP) is 3.26. The Bertz CT molecular complexity index is 994. The third kappa shape index (κ3) is 4.58. The molecule has 0 aromatic heterocycles. The van der Waals surface area contributed by atoms with E-state index in [9.17, 15) is 12.8 Å². The molecule has 2 aliphatic rings. The van der Waals surface area contributed by atoms with Crippen LogP contribution in [0.15, 0.2) is 45.8 Å². The van der Waals surface area contributed by atoms with E-state index in [1.807, 2.05) is 0 Å². The number of hydrogen-bond donors (Lipinski definition) is 0. The minimum atomic E-state index is -3.61. The number of benzene rings is 2. The van der Waals surface area contributed by atoms with Gasteiger partial charge in [0.15, 0.2) is 11.5 Å². The lowest BCUT2D eigenvalue weighted by Gasteiger charge is -2.34. The molecule has 4 rings (SSSR count). The van der Waals surface area contributed by atoms with E-state index in [1.54, 1.807) is 24.3 Å². The van der Waals surface area contributed by atoms with Crippen LogP contribution in [-0.4, -0.2) is 57.0 Å². The average Bonchev–Trinajstić information content (AvgIpc) is 2.95. The monoisotopic (exact) mass is 484 g/mol. The van der Waals surface area contributed by atoms with Gasteiger partial charge in [0.05, 0.1) is 18.1 Å². The Hall–Kier alpha value is -1.68. The van der Waals surface area contributed by atoms with Gasteiger partial charge < -0.3 is 9.47 Å². The molecule has 156 valence electrons. The molecule has 0 atom stereocenters. The van der Waals surface area contributed by atoms with E-state index in [0.29, 0.717) is 57.4 Å². The van der Waals surface area contributed by atoms with Crippen molar-refractivity contribution in [3.8, 4) is 11.5 Å². The fraction of sp³-hybridized carbons (Fsp3) is 0.400. The number of hydrogen-bond acceptors (Lipinski definition) is 5. The smallest absolute Gasteiger partial charge is 0.243 e. The zero-order chi connectivity index (χ0) is 20.4. The van der Waals surface area contributed by atoms with Gasteiger partial charge in [-0.2, -0.15) is 4.31 Å². The Morgan fingerprint density at radius 3 is 2.41 bits per heavy atom. The molecule has 2 aliphatic heterocycles. The Kier molecular flexibility index (Phi) is 6.10. The molecule has 0 unspecified atom stereocenters. The van der Waals surface area contributed by atoms with Crippen LogP contribution < -0.4 is 9.47 Å². The van der Waals surface area contributed by atoms with Crippen LogP contribution in [0.1, 0.15) is 12.0 Å². The van der Waals surface area contributed by atoms with E-state index in [4.69, 9.17) is 9.47 Å². The van der Waals surface area contributed by atoms with Crippen molar-refractivity contribution in [1.82, 2.24) is 9.21 Å². The lowest BCUT2D eigenvalue weighted by atomic mass is 10.2. The molecule has 6 nitrogen and oxygen atoms in total. The number of nitrogens with zero attached hydrogens (tertiary/aromatic N) is 2. The average molecular weight is 485 g/mol. The number of ether oxygens (including phenoxy) is 2. The second-order valence-corrected chi connectivity index (χ2v) is 9.87. The first-order valence-corrected chi connectivity index (χ1v) is 11.7. The molecule has 9 heteroatoms. The number of rotatable bonds is 4. The van der Waals surface area contributed by atoms with Gasteiger partial charge in [0, 0.05) is 49.7 Å². The predicted molar refractivity (Wildman–Crippen MR) is 110 cm³/mol. The van der Waals surface area contributed by atoms with Crippen molar-refractivity contribution in [2.24, 2.45) is 0 Å². The highest BCUT2D eigenvalue weighted by molar-refractivity contribution is 9.10. The molecule has 2 aromatic rings. The van der Waals surface area contributed by atoms with E-state index in [0.717, 1.165) is 16.5 Å². The molecule has 0 amide bonds. The minimum Gasteiger partial charge on any atom is -0.490 e. The summed E-state index contributed by atoms with van der Waals surface area (Å²) in [6, 6.07) is 9.42. The van der Waals surface area contributed by atoms with E-state index in [1.165, 1.54) is 16.4 Å². The highest BCUT2D eigenvalue weighted by atomic mass is 79.9. The fourth-order valence-electron chi connectivity index (χ4n) is 3.47. The lowest BCUT2D eigenvalue weighted by Crippen LogP contribution is -2.48. The highest BCUT2D eigenvalue weighted by Gasteiger charge is 2.29. The first-order chi connectivity index (χ1) is 13.9. The van der Waals surface area contributed by atoms with Gasteiger partial charge in [0.25, 0.3) is 0 Å². The van der Waals surface area contributed by atoms with Gasteiger partial charge in [-0.25, -0.2) is 12.8 Å². The van der Waals surface area contributed by atoms with E-state index in [2.05, 4.69) is 20.8 Å². The molecule has 0 saturated carbocycles. The van der Waals surface area contributed by atoms with Crippen molar-refractivity contribution in [2.45, 2.75) is 17.9 Å². The minimum absolute atomic E-state index is 0.219. The van der Waals surface area contributed by atoms with Gasteiger partial charge in [-0.05, 0) is 29.8 Å². The van der Waals surface area contributed by atoms with Gasteiger partial charge in [-0.3, -0.25) is 4.90 Å². The third-order valence-corrected chi connectivity index (χ3v) is 7.73. The molecule has 29 heavy (non-hydrogen) atoms. The molecule has 0 aliphatic carbocycles. The topological polar surface area (TPSA) is 59.1 Å². The van der Waals surface area contributed by atoms with Crippen LogP contribution in [0.4, 0.5) is 4.39 Å². The van der Waals surface area contributed by atoms with Crippen molar-refractivity contribution in [3.05, 3.63) is 52.3 Å². The van der Waals surface area contributed by atoms with Gasteiger partial charge in [-0.15, -0.1) is 0 Å². The van der Waals surface area contributed by atoms with Crippen molar-refractivity contribution in [2.75, 3.05) is 39.4 Å². The third-order valence-electron chi connectivity index (χ3n) is 5.10. The lowest BCUT2D eigenvalue weighted by molar-refractivity contribution is 0.181. The Morgan fingerprint density at radius 1 is 0.966 bits per heavy atom. The highest BCUT2D eigenvalue weighted by Crippen LogP contribution is 2.33. The SMILES string of the molecule is O=S(=O)(c1ccc2c(c1)OCCCO2)N1CCN(Cc2ccc(F)cc2Br)CC1. The van der Waals surface area contributed by atoms with Crippen LogP contribution in [0, 0.1) is 5.82 Å². The molecule has 0 radical (unpaired) electrons. The maximum atomic E-state index is 13.3. The largest absolute Gasteiger partial charge is 0.490 e. The summed E-state index contributed by atoms with van der Waals surface area (Å²) in [6.45, 7) is 3.71. The molecule has 1 fully saturated rings. The molecule has 0 N–H and O–H groups in total. The normalized spacial score (nSPS) is 18.4. The standard InChI is InChI=1S/C20H22BrFN2O4S/c21-18-12-16(22)3-2-15(18)14-23-6-8-24(9-7-23)29(25,26)17-4-5-19-20(13-17)28-11-1-10-27-19/h2-5,12-13H,1,6-11,14H2. The number of halogens is 2. The number of fused-ring (bicyclic) bond motifs is 1.